The van der Waals surface area contributed by atoms with Crippen molar-refractivity contribution >= 4 is 0 Å². The predicted octanol–water partition coefficient (Wildman–Crippen LogP) is -4.16. The minimum Gasteiger partial charge on any atom is -0.394 e. The zero-order valence-corrected chi connectivity index (χ0v) is 14.6. The van der Waals surface area contributed by atoms with Gasteiger partial charge >= 0.3 is 5.69 Å². The van der Waals surface area contributed by atoms with Gasteiger partial charge in [-0.1, -0.05) is 0 Å². The van der Waals surface area contributed by atoms with E-state index in [4.69, 9.17) is 14.6 Å². The van der Waals surface area contributed by atoms with Crippen LogP contribution in [0.1, 0.15) is 18.0 Å². The fraction of sp³-hybridized carbons (Fsp3) is 0.733. The molecular weight excluding hydrogens is 387 g/mol. The molecule has 2 aliphatic rings. The Labute approximate surface area is 156 Å². The number of hydrogen-bond donors (Lipinski definition) is 6. The Morgan fingerprint density at radius 3 is 2.21 bits per heavy atom. The summed E-state index contributed by atoms with van der Waals surface area (Å²) in [5.41, 5.74) is -2.35. The largest absolute Gasteiger partial charge is 0.394 e. The predicted molar refractivity (Wildman–Crippen MR) is 85.8 cm³/mol. The van der Waals surface area contributed by atoms with E-state index in [1.807, 2.05) is 0 Å². The monoisotopic (exact) mass is 408 g/mol. The number of aromatic nitrogens is 2. The van der Waals surface area contributed by atoms with Crippen LogP contribution in [0.2, 0.25) is 0 Å². The van der Waals surface area contributed by atoms with Crippen LogP contribution < -0.4 is 11.2 Å². The van der Waals surface area contributed by atoms with Crippen molar-refractivity contribution in [2.24, 2.45) is 0 Å². The number of alkyl halides is 1. The van der Waals surface area contributed by atoms with Crippen LogP contribution in [0, 0.1) is 6.92 Å². The number of rotatable bonds is 4. The molecule has 3 rings (SSSR count). The van der Waals surface area contributed by atoms with Gasteiger partial charge in [0.2, 0.25) is 0 Å². The molecule has 0 bridgehead atoms. The van der Waals surface area contributed by atoms with Crippen LogP contribution in [0.3, 0.4) is 0 Å². The zero-order valence-electron chi connectivity index (χ0n) is 14.6. The van der Waals surface area contributed by atoms with Crippen molar-refractivity contribution < 1.29 is 44.5 Å². The van der Waals surface area contributed by atoms with Crippen molar-refractivity contribution in [2.75, 3.05) is 13.2 Å². The van der Waals surface area contributed by atoms with Gasteiger partial charge in [0.1, 0.15) is 30.5 Å². The molecule has 2 saturated heterocycles. The van der Waals surface area contributed by atoms with Gasteiger partial charge in [-0.25, -0.2) is 13.8 Å². The first-order valence-corrected chi connectivity index (χ1v) is 8.38. The van der Waals surface area contributed by atoms with Crippen molar-refractivity contribution in [1.82, 2.24) is 9.13 Å². The molecule has 0 saturated carbocycles. The van der Waals surface area contributed by atoms with E-state index in [1.54, 1.807) is 0 Å². The number of ether oxygens (including phenoxy) is 2. The minimum atomic E-state index is -3.48. The highest BCUT2D eigenvalue weighted by atomic mass is 19.2. The van der Waals surface area contributed by atoms with E-state index in [0.717, 1.165) is 6.20 Å². The maximum Gasteiger partial charge on any atom is 0.335 e. The summed E-state index contributed by atoms with van der Waals surface area (Å²) in [5, 5.41) is 58.0. The summed E-state index contributed by atoms with van der Waals surface area (Å²) < 4.78 is 25.7. The third-order valence-electron chi connectivity index (χ3n) is 4.94. The summed E-state index contributed by atoms with van der Waals surface area (Å²) in [7, 11) is 0. The van der Waals surface area contributed by atoms with Gasteiger partial charge in [-0.15, -0.1) is 0 Å². The van der Waals surface area contributed by atoms with Gasteiger partial charge in [0.05, 0.1) is 13.2 Å². The summed E-state index contributed by atoms with van der Waals surface area (Å²) >= 11 is 0. The van der Waals surface area contributed by atoms with Gasteiger partial charge in [-0.2, -0.15) is 0 Å². The third kappa shape index (κ3) is 3.00. The second kappa shape index (κ2) is 7.27. The Bertz CT molecular complexity index is 854. The molecule has 2 fully saturated rings. The average Bonchev–Trinajstić information content (AvgIpc) is 3.06. The van der Waals surface area contributed by atoms with Gasteiger partial charge in [-0.3, -0.25) is 9.36 Å². The van der Waals surface area contributed by atoms with Crippen LogP contribution in [-0.4, -0.2) is 89.4 Å². The van der Waals surface area contributed by atoms with Gasteiger partial charge in [0.25, 0.3) is 11.4 Å². The number of aryl methyl sites for hydroxylation is 1. The molecule has 6 N–H and O–H groups in total. The molecule has 0 aliphatic carbocycles. The first kappa shape index (κ1) is 21.0. The van der Waals surface area contributed by atoms with Crippen LogP contribution in [0.5, 0.6) is 0 Å². The standard InChI is InChI=1S/C15H21FN2O10/c1-5-2-17(13-15(16,26)10(23)7(4-20)28-13)14(25)18(11(5)24)12-9(22)8(21)6(3-19)27-12/h2,6-10,12-13,19-23,26H,3-4H2,1H3/t6-,7+,8-,9+,10+,12?,13+,15+/m0/s1. The fourth-order valence-corrected chi connectivity index (χ4v) is 3.35. The van der Waals surface area contributed by atoms with Gasteiger partial charge in [-0.05, 0) is 6.92 Å². The molecule has 1 aromatic rings. The summed E-state index contributed by atoms with van der Waals surface area (Å²) in [6, 6.07) is 0. The van der Waals surface area contributed by atoms with Gasteiger partial charge in [0, 0.05) is 11.8 Å². The van der Waals surface area contributed by atoms with E-state index in [9.17, 15) is 39.5 Å². The number of halogens is 1. The molecular formula is C15H21FN2O10. The van der Waals surface area contributed by atoms with Crippen molar-refractivity contribution in [3.05, 3.63) is 32.6 Å². The fourth-order valence-electron chi connectivity index (χ4n) is 3.35. The molecule has 13 heteroatoms. The van der Waals surface area contributed by atoms with Crippen LogP contribution in [-0.2, 0) is 9.47 Å². The summed E-state index contributed by atoms with van der Waals surface area (Å²) in [6.45, 7) is -0.307. The van der Waals surface area contributed by atoms with Gasteiger partial charge < -0.3 is 40.1 Å². The minimum absolute atomic E-state index is 0.140. The molecule has 2 aliphatic heterocycles. The molecule has 3 heterocycles. The summed E-state index contributed by atoms with van der Waals surface area (Å²) in [4.78, 5) is 25.3. The maximum absolute atomic E-state index is 14.6. The van der Waals surface area contributed by atoms with E-state index in [2.05, 4.69) is 0 Å². The molecule has 28 heavy (non-hydrogen) atoms. The Kier molecular flexibility index (Phi) is 5.46. The van der Waals surface area contributed by atoms with Crippen LogP contribution in [0.15, 0.2) is 15.8 Å². The van der Waals surface area contributed by atoms with Crippen LogP contribution in [0.25, 0.3) is 0 Å². The van der Waals surface area contributed by atoms with E-state index in [0.29, 0.717) is 9.13 Å². The Hall–Kier alpha value is -1.71. The number of aliphatic hydroxyl groups excluding tert-OH is 5. The van der Waals surface area contributed by atoms with Crippen molar-refractivity contribution in [3.8, 4) is 0 Å². The molecule has 12 nitrogen and oxygen atoms in total. The van der Waals surface area contributed by atoms with Crippen LogP contribution in [0.4, 0.5) is 4.39 Å². The van der Waals surface area contributed by atoms with E-state index in [-0.39, 0.29) is 5.56 Å². The summed E-state index contributed by atoms with van der Waals surface area (Å²) in [5.74, 6) is -3.48. The molecule has 8 atom stereocenters. The Morgan fingerprint density at radius 1 is 1.11 bits per heavy atom. The topological polar surface area (TPSA) is 184 Å². The Balaban J connectivity index is 2.12. The first-order valence-electron chi connectivity index (χ1n) is 8.38. The second-order valence-electron chi connectivity index (χ2n) is 6.79. The maximum atomic E-state index is 14.6. The summed E-state index contributed by atoms with van der Waals surface area (Å²) in [6.07, 6.45) is -11.3. The number of nitrogens with zero attached hydrogens (tertiary/aromatic N) is 2. The highest BCUT2D eigenvalue weighted by molar-refractivity contribution is 5.07. The molecule has 0 aromatic carbocycles. The third-order valence-corrected chi connectivity index (χ3v) is 4.94. The quantitative estimate of drug-likeness (QED) is 0.286. The van der Waals surface area contributed by atoms with Crippen LogP contribution >= 0.6 is 0 Å². The van der Waals surface area contributed by atoms with Crippen molar-refractivity contribution in [3.63, 3.8) is 0 Å². The second-order valence-corrected chi connectivity index (χ2v) is 6.79. The normalized spacial score (nSPS) is 40.9. The smallest absolute Gasteiger partial charge is 0.335 e. The molecule has 0 amide bonds. The number of hydrogen-bond acceptors (Lipinski definition) is 10. The van der Waals surface area contributed by atoms with Crippen molar-refractivity contribution in [1.29, 1.82) is 0 Å². The zero-order chi connectivity index (χ0) is 21.0. The lowest BCUT2D eigenvalue weighted by Crippen LogP contribution is -2.50. The Morgan fingerprint density at radius 2 is 1.71 bits per heavy atom. The molecule has 1 unspecified atom stereocenters. The van der Waals surface area contributed by atoms with Crippen molar-refractivity contribution in [2.45, 2.75) is 55.8 Å². The lowest BCUT2D eigenvalue weighted by molar-refractivity contribution is -0.197. The molecule has 0 radical (unpaired) electrons. The SMILES string of the molecule is Cc1cn([C@@H]2O[C@H](CO)[C@@H](O)[C@]2(O)F)c(=O)n(C2O[C@@H](CO)[C@H](O)[C@H]2O)c1=O. The van der Waals surface area contributed by atoms with Gasteiger partial charge in [0.15, 0.2) is 12.5 Å². The molecule has 1 aromatic heterocycles. The lowest BCUT2D eigenvalue weighted by atomic mass is 10.1. The highest BCUT2D eigenvalue weighted by Crippen LogP contribution is 2.39. The van der Waals surface area contributed by atoms with E-state index in [1.165, 1.54) is 6.92 Å². The lowest BCUT2D eigenvalue weighted by Gasteiger charge is -2.26. The van der Waals surface area contributed by atoms with E-state index < -0.39 is 73.3 Å². The van der Waals surface area contributed by atoms with E-state index >= 15 is 0 Å². The molecule has 0 spiro atoms. The average molecular weight is 408 g/mol. The first-order chi connectivity index (χ1) is 13.1. The molecule has 158 valence electrons. The highest BCUT2D eigenvalue weighted by Gasteiger charge is 2.58. The number of aliphatic hydroxyl groups is 6.